The summed E-state index contributed by atoms with van der Waals surface area (Å²) in [6.07, 6.45) is 3.21. The van der Waals surface area contributed by atoms with Gasteiger partial charge in [0.25, 0.3) is 0 Å². The Hall–Kier alpha value is 0.1000. The first kappa shape index (κ1) is 10.3. The lowest BCUT2D eigenvalue weighted by molar-refractivity contribution is -0.182. The van der Waals surface area contributed by atoms with Crippen LogP contribution in [0.25, 0.3) is 0 Å². The van der Waals surface area contributed by atoms with E-state index in [0.29, 0.717) is 12.5 Å². The Morgan fingerprint density at radius 2 is 2.40 bits per heavy atom. The van der Waals surface area contributed by atoms with E-state index in [1.165, 1.54) is 5.57 Å². The van der Waals surface area contributed by atoms with E-state index < -0.39 is 12.4 Å². The third-order valence-electron chi connectivity index (χ3n) is 3.85. The summed E-state index contributed by atoms with van der Waals surface area (Å²) >= 11 is 3.73. The van der Waals surface area contributed by atoms with Crippen molar-refractivity contribution in [1.82, 2.24) is 0 Å². The highest BCUT2D eigenvalue weighted by atomic mass is 79.9. The fourth-order valence-corrected chi connectivity index (χ4v) is 3.74. The molecule has 0 aromatic carbocycles. The van der Waals surface area contributed by atoms with E-state index in [1.54, 1.807) is 0 Å². The zero-order valence-corrected chi connectivity index (χ0v) is 10.2. The van der Waals surface area contributed by atoms with Crippen molar-refractivity contribution < 1.29 is 14.6 Å². The van der Waals surface area contributed by atoms with Gasteiger partial charge in [0.2, 0.25) is 0 Å². The summed E-state index contributed by atoms with van der Waals surface area (Å²) in [5, 5.41) is 10.2. The van der Waals surface area contributed by atoms with Crippen LogP contribution < -0.4 is 0 Å². The van der Waals surface area contributed by atoms with Crippen LogP contribution in [0.5, 0.6) is 0 Å². The van der Waals surface area contributed by atoms with Gasteiger partial charge in [0.05, 0.1) is 17.0 Å². The van der Waals surface area contributed by atoms with Crippen LogP contribution in [0.1, 0.15) is 19.8 Å². The number of rotatable bonds is 0. The van der Waals surface area contributed by atoms with Gasteiger partial charge in [-0.15, -0.1) is 0 Å². The quantitative estimate of drug-likeness (QED) is 0.539. The highest BCUT2D eigenvalue weighted by molar-refractivity contribution is 9.10. The Morgan fingerprint density at radius 3 is 3.20 bits per heavy atom. The molecule has 2 saturated heterocycles. The largest absolute Gasteiger partial charge is 0.386 e. The third kappa shape index (κ3) is 1.35. The van der Waals surface area contributed by atoms with E-state index in [9.17, 15) is 5.11 Å². The van der Waals surface area contributed by atoms with E-state index >= 15 is 0 Å². The highest BCUT2D eigenvalue weighted by Crippen LogP contribution is 2.51. The summed E-state index contributed by atoms with van der Waals surface area (Å²) < 4.78 is 10.9. The van der Waals surface area contributed by atoms with Crippen LogP contribution in [0.2, 0.25) is 0 Å². The molecule has 84 valence electrons. The molecule has 0 aromatic heterocycles. The van der Waals surface area contributed by atoms with Gasteiger partial charge in [0, 0.05) is 5.92 Å². The first-order chi connectivity index (χ1) is 7.11. The minimum Gasteiger partial charge on any atom is -0.386 e. The Bertz CT molecular complexity index is 317. The van der Waals surface area contributed by atoms with E-state index in [0.717, 1.165) is 12.8 Å². The van der Waals surface area contributed by atoms with Crippen LogP contribution in [-0.4, -0.2) is 34.5 Å². The van der Waals surface area contributed by atoms with Gasteiger partial charge in [0.1, 0.15) is 6.10 Å². The predicted octanol–water partition coefficient (Wildman–Crippen LogP) is 1.59. The minimum atomic E-state index is -0.564. The molecule has 0 amide bonds. The molecule has 2 heterocycles. The molecule has 2 fully saturated rings. The molecule has 1 N–H and O–H groups in total. The predicted molar refractivity (Wildman–Crippen MR) is 58.8 cm³/mol. The van der Waals surface area contributed by atoms with Crippen molar-refractivity contribution in [2.75, 3.05) is 6.61 Å². The number of ether oxygens (including phenoxy) is 2. The molecule has 0 spiro atoms. The number of alkyl halides is 1. The lowest BCUT2D eigenvalue weighted by Gasteiger charge is -2.47. The fraction of sp³-hybridized carbons (Fsp3) is 0.818. The van der Waals surface area contributed by atoms with Gasteiger partial charge in [-0.05, 0) is 19.8 Å². The topological polar surface area (TPSA) is 38.7 Å². The summed E-state index contributed by atoms with van der Waals surface area (Å²) in [5.74, 6) is 0.330. The Kier molecular flexibility index (Phi) is 2.26. The molecule has 1 aliphatic carbocycles. The lowest BCUT2D eigenvalue weighted by Crippen LogP contribution is -2.57. The maximum atomic E-state index is 10.2. The van der Waals surface area contributed by atoms with Gasteiger partial charge in [-0.3, -0.25) is 0 Å². The second-order valence-electron chi connectivity index (χ2n) is 4.81. The van der Waals surface area contributed by atoms with Crippen molar-refractivity contribution in [2.24, 2.45) is 5.92 Å². The summed E-state index contributed by atoms with van der Waals surface area (Å²) in [7, 11) is 0. The van der Waals surface area contributed by atoms with Gasteiger partial charge in [-0.2, -0.15) is 0 Å². The molecule has 15 heavy (non-hydrogen) atoms. The number of allylic oxidation sites excluding steroid dienone is 2. The summed E-state index contributed by atoms with van der Waals surface area (Å²) in [6, 6.07) is 0. The molecule has 3 rings (SSSR count). The van der Waals surface area contributed by atoms with Crippen molar-refractivity contribution in [2.45, 2.75) is 42.6 Å². The average molecular weight is 275 g/mol. The van der Waals surface area contributed by atoms with Crippen molar-refractivity contribution in [3.05, 3.63) is 11.6 Å². The third-order valence-corrected chi connectivity index (χ3v) is 5.23. The first-order valence-corrected chi connectivity index (χ1v) is 6.20. The maximum absolute atomic E-state index is 10.2. The SMILES string of the molecule is CC1=CC[C@@]2(Br)[C@H](O)[C@@H]3OC[C@@H](O3)[C@H]2C1. The van der Waals surface area contributed by atoms with Crippen molar-refractivity contribution in [3.63, 3.8) is 0 Å². The first-order valence-electron chi connectivity index (χ1n) is 5.41. The standard InChI is InChI=1S/C11H15BrO3/c1-6-2-3-11(12)7(4-6)8-5-14-10(15-8)9(11)13/h2,7-10,13H,3-5H2,1H3/t7-,8-,9-,10-,11+/m1/s1. The van der Waals surface area contributed by atoms with Crippen LogP contribution in [0.4, 0.5) is 0 Å². The zero-order valence-electron chi connectivity index (χ0n) is 8.65. The van der Waals surface area contributed by atoms with Gasteiger partial charge in [0.15, 0.2) is 6.29 Å². The number of aliphatic hydroxyl groups is 1. The average Bonchev–Trinajstić information content (AvgIpc) is 2.65. The van der Waals surface area contributed by atoms with Gasteiger partial charge in [-0.25, -0.2) is 0 Å². The van der Waals surface area contributed by atoms with E-state index in [1.807, 2.05) is 0 Å². The molecule has 0 aromatic rings. The van der Waals surface area contributed by atoms with E-state index in [4.69, 9.17) is 9.47 Å². The molecule has 0 radical (unpaired) electrons. The number of hydrogen-bond acceptors (Lipinski definition) is 3. The minimum absolute atomic E-state index is 0.140. The molecule has 0 saturated carbocycles. The monoisotopic (exact) mass is 274 g/mol. The molecule has 3 aliphatic rings. The Morgan fingerprint density at radius 1 is 1.60 bits per heavy atom. The Labute approximate surface area is 97.6 Å². The van der Waals surface area contributed by atoms with E-state index in [2.05, 4.69) is 28.9 Å². The fourth-order valence-electron chi connectivity index (χ4n) is 2.91. The second kappa shape index (κ2) is 3.29. The maximum Gasteiger partial charge on any atom is 0.185 e. The van der Waals surface area contributed by atoms with Crippen molar-refractivity contribution in [1.29, 1.82) is 0 Å². The summed E-state index contributed by atoms with van der Waals surface area (Å²) in [5.41, 5.74) is 1.39. The second-order valence-corrected chi connectivity index (χ2v) is 6.29. The van der Waals surface area contributed by atoms with Gasteiger partial charge in [-0.1, -0.05) is 27.6 Å². The summed E-state index contributed by atoms with van der Waals surface area (Å²) in [6.45, 7) is 2.76. The molecular weight excluding hydrogens is 260 g/mol. The molecular formula is C11H15BrO3. The molecule has 2 bridgehead atoms. The van der Waals surface area contributed by atoms with Crippen LogP contribution in [-0.2, 0) is 9.47 Å². The molecule has 2 aliphatic heterocycles. The zero-order chi connectivity index (χ0) is 10.6. The number of fused-ring (bicyclic) bond motifs is 4. The normalized spacial score (nSPS) is 53.7. The number of hydrogen-bond donors (Lipinski definition) is 1. The molecule has 5 atom stereocenters. The lowest BCUT2D eigenvalue weighted by atomic mass is 9.73. The summed E-state index contributed by atoms with van der Waals surface area (Å²) in [4.78, 5) is 0. The molecule has 0 unspecified atom stereocenters. The Balaban J connectivity index is 1.98. The number of halogens is 1. The van der Waals surface area contributed by atoms with E-state index in [-0.39, 0.29) is 10.4 Å². The van der Waals surface area contributed by atoms with Gasteiger partial charge >= 0.3 is 0 Å². The van der Waals surface area contributed by atoms with Crippen molar-refractivity contribution >= 4 is 15.9 Å². The smallest absolute Gasteiger partial charge is 0.185 e. The highest BCUT2D eigenvalue weighted by Gasteiger charge is 2.58. The van der Waals surface area contributed by atoms with Crippen LogP contribution in [0.15, 0.2) is 11.6 Å². The van der Waals surface area contributed by atoms with Crippen molar-refractivity contribution in [3.8, 4) is 0 Å². The molecule has 3 nitrogen and oxygen atoms in total. The molecule has 4 heteroatoms. The van der Waals surface area contributed by atoms with Gasteiger partial charge < -0.3 is 14.6 Å². The van der Waals surface area contributed by atoms with Crippen LogP contribution >= 0.6 is 15.9 Å². The van der Waals surface area contributed by atoms with Crippen LogP contribution in [0.3, 0.4) is 0 Å². The number of aliphatic hydroxyl groups excluding tert-OH is 1. The van der Waals surface area contributed by atoms with Crippen LogP contribution in [0, 0.1) is 5.92 Å².